The van der Waals surface area contributed by atoms with E-state index in [1.165, 1.54) is 31.4 Å². The predicted molar refractivity (Wildman–Crippen MR) is 128 cm³/mol. The number of sulfonamides is 1. The van der Waals surface area contributed by atoms with E-state index < -0.39 is 22.1 Å². The number of carboxylic acid groups (broad SMARTS) is 1. The van der Waals surface area contributed by atoms with E-state index in [4.69, 9.17) is 21.4 Å². The van der Waals surface area contributed by atoms with Gasteiger partial charge in [0.2, 0.25) is 5.88 Å². The number of aromatic nitrogens is 1. The molecule has 0 atom stereocenters. The Morgan fingerprint density at radius 1 is 1.03 bits per heavy atom. The minimum absolute atomic E-state index is 0.111. The minimum atomic E-state index is -4.18. The molecule has 13 heteroatoms. The van der Waals surface area contributed by atoms with E-state index in [2.05, 4.69) is 15.0 Å². The summed E-state index contributed by atoms with van der Waals surface area (Å²) in [5.74, 6) is -1.10. The molecule has 3 N–H and O–H groups in total. The first-order valence-corrected chi connectivity index (χ1v) is 12.1. The number of pyridine rings is 1. The van der Waals surface area contributed by atoms with Crippen LogP contribution in [0.5, 0.6) is 11.6 Å². The summed E-state index contributed by atoms with van der Waals surface area (Å²) in [6.07, 6.45) is -0.176. The first-order valence-electron chi connectivity index (χ1n) is 10.2. The van der Waals surface area contributed by atoms with Gasteiger partial charge in [0, 0.05) is 18.8 Å². The molecule has 0 aliphatic heterocycles. The van der Waals surface area contributed by atoms with Gasteiger partial charge in [-0.05, 0) is 48.4 Å². The largest absolute Gasteiger partial charge is 0.512 e. The molecule has 188 valence electrons. The molecule has 11 nitrogen and oxygen atoms in total. The second-order valence-corrected chi connectivity index (χ2v) is 9.27. The molecular formula is C23H20ClN3O8S. The quantitative estimate of drug-likeness (QED) is 0.351. The maximum Gasteiger partial charge on any atom is 0.512 e. The summed E-state index contributed by atoms with van der Waals surface area (Å²) in [5.41, 5.74) is 0.905. The van der Waals surface area contributed by atoms with E-state index >= 15 is 0 Å². The van der Waals surface area contributed by atoms with Crippen molar-refractivity contribution in [3.8, 4) is 11.6 Å². The van der Waals surface area contributed by atoms with Gasteiger partial charge in [-0.15, -0.1) is 0 Å². The smallest absolute Gasteiger partial charge is 0.497 e. The molecule has 1 aromatic heterocycles. The van der Waals surface area contributed by atoms with Crippen molar-refractivity contribution in [2.24, 2.45) is 0 Å². The van der Waals surface area contributed by atoms with Gasteiger partial charge in [0.1, 0.15) is 5.75 Å². The number of benzene rings is 2. The Balaban J connectivity index is 1.57. The topological polar surface area (TPSA) is 161 Å². The SMILES string of the molecule is COc1ccc(Cl)c(C(=O)NCCc2ccc(S(=O)(=O)NC(=O)c3ccc(OC(=O)O)nc3)cc2)c1. The number of nitrogens with one attached hydrogen (secondary N) is 2. The summed E-state index contributed by atoms with van der Waals surface area (Å²) in [7, 11) is -2.70. The van der Waals surface area contributed by atoms with Crippen LogP contribution in [0.1, 0.15) is 26.3 Å². The second-order valence-electron chi connectivity index (χ2n) is 7.18. The fourth-order valence-electron chi connectivity index (χ4n) is 2.96. The number of hydrogen-bond acceptors (Lipinski definition) is 8. The summed E-state index contributed by atoms with van der Waals surface area (Å²) in [6, 6.07) is 12.8. The van der Waals surface area contributed by atoms with Crippen LogP contribution in [-0.4, -0.2) is 50.1 Å². The first kappa shape index (κ1) is 26.4. The Morgan fingerprint density at radius 3 is 2.36 bits per heavy atom. The van der Waals surface area contributed by atoms with Crippen LogP contribution in [0, 0.1) is 0 Å². The maximum atomic E-state index is 12.5. The minimum Gasteiger partial charge on any atom is -0.497 e. The molecule has 3 aromatic rings. The zero-order valence-corrected chi connectivity index (χ0v) is 20.3. The molecule has 0 radical (unpaired) electrons. The van der Waals surface area contributed by atoms with E-state index in [0.29, 0.717) is 12.2 Å². The van der Waals surface area contributed by atoms with Crippen LogP contribution in [0.2, 0.25) is 5.02 Å². The molecule has 0 aliphatic carbocycles. The van der Waals surface area contributed by atoms with Crippen molar-refractivity contribution in [2.75, 3.05) is 13.7 Å². The molecule has 2 aromatic carbocycles. The van der Waals surface area contributed by atoms with Crippen molar-refractivity contribution in [3.63, 3.8) is 0 Å². The fraction of sp³-hybridized carbons (Fsp3) is 0.130. The molecule has 36 heavy (non-hydrogen) atoms. The molecule has 0 saturated carbocycles. The monoisotopic (exact) mass is 533 g/mol. The molecule has 0 saturated heterocycles. The maximum absolute atomic E-state index is 12.5. The Labute approximate surface area is 211 Å². The highest BCUT2D eigenvalue weighted by Crippen LogP contribution is 2.22. The lowest BCUT2D eigenvalue weighted by atomic mass is 10.1. The van der Waals surface area contributed by atoms with Crippen molar-refractivity contribution < 1.29 is 37.4 Å². The third-order valence-electron chi connectivity index (χ3n) is 4.77. The normalized spacial score (nSPS) is 10.8. The summed E-state index contributed by atoms with van der Waals surface area (Å²) >= 11 is 6.07. The third-order valence-corrected chi connectivity index (χ3v) is 6.44. The molecule has 2 amide bonds. The van der Waals surface area contributed by atoms with Crippen molar-refractivity contribution in [1.82, 2.24) is 15.0 Å². The average Bonchev–Trinajstić information content (AvgIpc) is 2.84. The Bertz CT molecular complexity index is 1380. The Kier molecular flexibility index (Phi) is 8.46. The van der Waals surface area contributed by atoms with Gasteiger partial charge in [-0.2, -0.15) is 0 Å². The second kappa shape index (κ2) is 11.5. The van der Waals surface area contributed by atoms with Crippen LogP contribution in [0.15, 0.2) is 65.7 Å². The summed E-state index contributed by atoms with van der Waals surface area (Å²) in [5, 5.41) is 11.6. The number of carbonyl (C=O) groups is 3. The highest BCUT2D eigenvalue weighted by molar-refractivity contribution is 7.90. The number of amides is 2. The number of rotatable bonds is 9. The van der Waals surface area contributed by atoms with Gasteiger partial charge in [0.05, 0.1) is 28.2 Å². The van der Waals surface area contributed by atoms with Crippen molar-refractivity contribution in [1.29, 1.82) is 0 Å². The van der Waals surface area contributed by atoms with Crippen LogP contribution in [0.4, 0.5) is 4.79 Å². The standard InChI is InChI=1S/C23H20ClN3O8S/c1-34-16-5-8-19(24)18(12-16)22(29)25-11-10-14-2-6-17(7-3-14)36(32,33)27-21(28)15-4-9-20(26-13-15)35-23(30)31/h2-9,12-13H,10-11H2,1H3,(H,25,29)(H,27,28)(H,30,31). The zero-order chi connectivity index (χ0) is 26.3. The van der Waals surface area contributed by atoms with Gasteiger partial charge in [-0.1, -0.05) is 23.7 Å². The lowest BCUT2D eigenvalue weighted by Crippen LogP contribution is -2.30. The lowest BCUT2D eigenvalue weighted by molar-refractivity contribution is 0.0951. The molecule has 0 spiro atoms. The number of ether oxygens (including phenoxy) is 2. The van der Waals surface area contributed by atoms with E-state index in [1.807, 2.05) is 4.72 Å². The number of halogens is 1. The van der Waals surface area contributed by atoms with E-state index in [1.54, 1.807) is 24.3 Å². The van der Waals surface area contributed by atoms with Crippen LogP contribution in [-0.2, 0) is 16.4 Å². The molecular weight excluding hydrogens is 514 g/mol. The van der Waals surface area contributed by atoms with E-state index in [-0.39, 0.29) is 39.4 Å². The summed E-state index contributed by atoms with van der Waals surface area (Å²) in [4.78, 5) is 38.6. The number of hydrogen-bond donors (Lipinski definition) is 3. The summed E-state index contributed by atoms with van der Waals surface area (Å²) in [6.45, 7) is 0.268. The fourth-order valence-corrected chi connectivity index (χ4v) is 4.14. The van der Waals surface area contributed by atoms with Crippen molar-refractivity contribution in [2.45, 2.75) is 11.3 Å². The number of nitrogens with zero attached hydrogens (tertiary/aromatic N) is 1. The van der Waals surface area contributed by atoms with Gasteiger partial charge in [-0.25, -0.2) is 22.9 Å². The average molecular weight is 534 g/mol. The van der Waals surface area contributed by atoms with Crippen LogP contribution in [0.25, 0.3) is 0 Å². The number of methoxy groups -OCH3 is 1. The number of carbonyl (C=O) groups excluding carboxylic acids is 2. The van der Waals surface area contributed by atoms with Crippen LogP contribution < -0.4 is 19.5 Å². The Morgan fingerprint density at radius 2 is 1.75 bits per heavy atom. The third kappa shape index (κ3) is 6.93. The highest BCUT2D eigenvalue weighted by atomic mass is 35.5. The molecule has 1 heterocycles. The van der Waals surface area contributed by atoms with E-state index in [9.17, 15) is 22.8 Å². The Hall–Kier alpha value is -4.16. The lowest BCUT2D eigenvalue weighted by Gasteiger charge is -2.10. The van der Waals surface area contributed by atoms with Gasteiger partial charge in [0.25, 0.3) is 21.8 Å². The van der Waals surface area contributed by atoms with Crippen molar-refractivity contribution >= 4 is 39.6 Å². The van der Waals surface area contributed by atoms with Crippen LogP contribution >= 0.6 is 11.6 Å². The first-order chi connectivity index (χ1) is 17.1. The van der Waals surface area contributed by atoms with E-state index in [0.717, 1.165) is 17.8 Å². The molecule has 0 aliphatic rings. The predicted octanol–water partition coefficient (Wildman–Crippen LogP) is 2.89. The van der Waals surface area contributed by atoms with Gasteiger partial charge < -0.3 is 19.9 Å². The molecule has 0 fully saturated rings. The molecule has 0 bridgehead atoms. The highest BCUT2D eigenvalue weighted by Gasteiger charge is 2.19. The van der Waals surface area contributed by atoms with Gasteiger partial charge in [-0.3, -0.25) is 9.59 Å². The van der Waals surface area contributed by atoms with Gasteiger partial charge in [0.15, 0.2) is 0 Å². The molecule has 3 rings (SSSR count). The van der Waals surface area contributed by atoms with Crippen molar-refractivity contribution in [3.05, 3.63) is 82.5 Å². The molecule has 0 unspecified atom stereocenters. The zero-order valence-electron chi connectivity index (χ0n) is 18.7. The van der Waals surface area contributed by atoms with Crippen LogP contribution in [0.3, 0.4) is 0 Å². The summed E-state index contributed by atoms with van der Waals surface area (Å²) < 4.78 is 36.4. The van der Waals surface area contributed by atoms with Gasteiger partial charge >= 0.3 is 6.16 Å².